The Hall–Kier alpha value is -2.91. The van der Waals surface area contributed by atoms with Gasteiger partial charge in [-0.05, 0) is 55.7 Å². The van der Waals surface area contributed by atoms with Crippen LogP contribution in [-0.4, -0.2) is 41.3 Å². The fourth-order valence-electron chi connectivity index (χ4n) is 2.97. The molecule has 2 aromatic rings. The molecule has 1 amide bonds. The maximum absolute atomic E-state index is 12.6. The second-order valence-corrected chi connectivity index (χ2v) is 8.16. The van der Waals surface area contributed by atoms with Crippen LogP contribution in [0.5, 0.6) is 11.5 Å². The average Bonchev–Trinajstić information content (AvgIpc) is 2.65. The molecule has 2 rings (SSSR count). The Kier molecular flexibility index (Phi) is 7.35. The van der Waals surface area contributed by atoms with E-state index in [0.717, 1.165) is 5.56 Å². The Balaban J connectivity index is 1.99. The number of nitrogens with one attached hydrogen (secondary N) is 2. The van der Waals surface area contributed by atoms with Gasteiger partial charge in [0.2, 0.25) is 10.0 Å². The Morgan fingerprint density at radius 2 is 1.66 bits per heavy atom. The first kappa shape index (κ1) is 22.4. The van der Waals surface area contributed by atoms with Crippen molar-refractivity contribution in [2.45, 2.75) is 25.7 Å². The second-order valence-electron chi connectivity index (χ2n) is 6.46. The van der Waals surface area contributed by atoms with Gasteiger partial charge in [-0.25, -0.2) is 18.6 Å². The lowest BCUT2D eigenvalue weighted by molar-refractivity contribution is -0.119. The summed E-state index contributed by atoms with van der Waals surface area (Å²) < 4.78 is 37.8. The molecule has 0 fully saturated rings. The molecular weight excluding hydrogens is 394 g/mol. The van der Waals surface area contributed by atoms with Crippen molar-refractivity contribution in [1.29, 1.82) is 0 Å². The Morgan fingerprint density at radius 3 is 2.24 bits per heavy atom. The van der Waals surface area contributed by atoms with Gasteiger partial charge in [0.15, 0.2) is 11.5 Å². The van der Waals surface area contributed by atoms with Crippen LogP contribution in [0.1, 0.15) is 22.3 Å². The molecule has 8 nitrogen and oxygen atoms in total. The Bertz CT molecular complexity index is 1010. The van der Waals surface area contributed by atoms with Crippen molar-refractivity contribution in [1.82, 2.24) is 10.1 Å². The van der Waals surface area contributed by atoms with Crippen LogP contribution in [-0.2, 0) is 14.8 Å². The van der Waals surface area contributed by atoms with E-state index in [1.165, 1.54) is 20.4 Å². The molecule has 0 spiro atoms. The second kappa shape index (κ2) is 9.53. The van der Waals surface area contributed by atoms with Gasteiger partial charge in [0.25, 0.3) is 5.91 Å². The van der Waals surface area contributed by atoms with E-state index < -0.39 is 22.5 Å². The predicted molar refractivity (Wildman–Crippen MR) is 111 cm³/mol. The summed E-state index contributed by atoms with van der Waals surface area (Å²) in [5, 5.41) is 3.84. The summed E-state index contributed by atoms with van der Waals surface area (Å²) in [4.78, 5) is 12.1. The highest BCUT2D eigenvalue weighted by Gasteiger charge is 2.20. The van der Waals surface area contributed by atoms with Crippen LogP contribution in [0.4, 0.5) is 0 Å². The molecule has 2 aromatic carbocycles. The van der Waals surface area contributed by atoms with E-state index in [-0.39, 0.29) is 4.90 Å². The number of carbonyl (C=O) groups excluding carboxylic acids is 1. The first-order chi connectivity index (χ1) is 13.7. The molecule has 0 aliphatic heterocycles. The number of benzene rings is 2. The molecule has 0 saturated carbocycles. The van der Waals surface area contributed by atoms with Crippen LogP contribution in [0.25, 0.3) is 0 Å². The largest absolute Gasteiger partial charge is 0.493 e. The van der Waals surface area contributed by atoms with Crippen LogP contribution in [0.3, 0.4) is 0 Å². The van der Waals surface area contributed by atoms with Crippen molar-refractivity contribution < 1.29 is 22.7 Å². The number of methoxy groups -OCH3 is 2. The molecule has 0 radical (unpaired) electrons. The maximum atomic E-state index is 12.6. The van der Waals surface area contributed by atoms with Crippen molar-refractivity contribution in [3.05, 3.63) is 52.6 Å². The number of carbonyl (C=O) groups is 1. The highest BCUT2D eigenvalue weighted by molar-refractivity contribution is 7.89. The van der Waals surface area contributed by atoms with Gasteiger partial charge in [-0.2, -0.15) is 5.10 Å². The third-order valence-electron chi connectivity index (χ3n) is 4.11. The number of hydrogen-bond acceptors (Lipinski definition) is 6. The standard InChI is InChI=1S/C20H25N3O5S/c1-13-8-14(2)20(15(3)9-13)29(25,26)22-12-19(24)23-21-11-16-6-7-17(27-4)18(10-16)28-5/h6-11,22H,12H2,1-5H3,(H,23,24)/b21-11-. The summed E-state index contributed by atoms with van der Waals surface area (Å²) in [5.74, 6) is 0.511. The fraction of sp³-hybridized carbons (Fsp3) is 0.300. The summed E-state index contributed by atoms with van der Waals surface area (Å²) in [6.45, 7) is 4.91. The smallest absolute Gasteiger partial charge is 0.255 e. The van der Waals surface area contributed by atoms with E-state index in [1.807, 2.05) is 6.92 Å². The van der Waals surface area contributed by atoms with Gasteiger partial charge in [-0.1, -0.05) is 17.7 Å². The average molecular weight is 420 g/mol. The van der Waals surface area contributed by atoms with E-state index in [1.54, 1.807) is 44.2 Å². The van der Waals surface area contributed by atoms with Gasteiger partial charge in [-0.15, -0.1) is 0 Å². The summed E-state index contributed by atoms with van der Waals surface area (Å²) in [7, 11) is -0.768. The minimum absolute atomic E-state index is 0.185. The van der Waals surface area contributed by atoms with Crippen LogP contribution in [0, 0.1) is 20.8 Å². The van der Waals surface area contributed by atoms with Gasteiger partial charge in [0, 0.05) is 0 Å². The van der Waals surface area contributed by atoms with Crippen molar-refractivity contribution in [2.75, 3.05) is 20.8 Å². The maximum Gasteiger partial charge on any atom is 0.255 e. The van der Waals surface area contributed by atoms with E-state index in [2.05, 4.69) is 15.2 Å². The number of amides is 1. The number of nitrogens with zero attached hydrogens (tertiary/aromatic N) is 1. The van der Waals surface area contributed by atoms with E-state index in [9.17, 15) is 13.2 Å². The number of aryl methyl sites for hydroxylation is 3. The van der Waals surface area contributed by atoms with Crippen LogP contribution in [0.15, 0.2) is 40.3 Å². The molecule has 0 atom stereocenters. The van der Waals surface area contributed by atoms with Gasteiger partial charge in [0.05, 0.1) is 31.9 Å². The molecule has 0 bridgehead atoms. The first-order valence-corrected chi connectivity index (χ1v) is 10.3. The minimum Gasteiger partial charge on any atom is -0.493 e. The fourth-order valence-corrected chi connectivity index (χ4v) is 4.41. The predicted octanol–water partition coefficient (Wildman–Crippen LogP) is 2.06. The molecule has 0 aliphatic carbocycles. The topological polar surface area (TPSA) is 106 Å². The van der Waals surface area contributed by atoms with Gasteiger partial charge >= 0.3 is 0 Å². The number of hydrogen-bond donors (Lipinski definition) is 2. The molecule has 0 saturated heterocycles. The molecule has 9 heteroatoms. The van der Waals surface area contributed by atoms with Crippen molar-refractivity contribution in [3.8, 4) is 11.5 Å². The van der Waals surface area contributed by atoms with Crippen LogP contribution < -0.4 is 19.6 Å². The SMILES string of the molecule is COc1ccc(/C=N\NC(=O)CNS(=O)(=O)c2c(C)cc(C)cc2C)cc1OC. The van der Waals surface area contributed by atoms with Gasteiger partial charge in [0.1, 0.15) is 0 Å². The molecule has 0 unspecified atom stereocenters. The number of rotatable bonds is 8. The normalized spacial score (nSPS) is 11.5. The molecule has 156 valence electrons. The molecule has 29 heavy (non-hydrogen) atoms. The molecule has 0 aliphatic rings. The highest BCUT2D eigenvalue weighted by atomic mass is 32.2. The lowest BCUT2D eigenvalue weighted by Gasteiger charge is -2.12. The van der Waals surface area contributed by atoms with Crippen LogP contribution in [0.2, 0.25) is 0 Å². The van der Waals surface area contributed by atoms with E-state index in [0.29, 0.717) is 28.2 Å². The highest BCUT2D eigenvalue weighted by Crippen LogP contribution is 2.26. The Labute approximate surface area is 171 Å². The third-order valence-corrected chi connectivity index (χ3v) is 5.81. The Morgan fingerprint density at radius 1 is 1.03 bits per heavy atom. The van der Waals surface area contributed by atoms with Crippen molar-refractivity contribution in [2.24, 2.45) is 5.10 Å². The number of ether oxygens (including phenoxy) is 2. The lowest BCUT2D eigenvalue weighted by Crippen LogP contribution is -2.35. The zero-order valence-corrected chi connectivity index (χ0v) is 17.9. The molecular formula is C20H25N3O5S. The monoisotopic (exact) mass is 419 g/mol. The lowest BCUT2D eigenvalue weighted by atomic mass is 10.1. The molecule has 0 heterocycles. The van der Waals surface area contributed by atoms with E-state index >= 15 is 0 Å². The summed E-state index contributed by atoms with van der Waals surface area (Å²) >= 11 is 0. The van der Waals surface area contributed by atoms with Crippen molar-refractivity contribution >= 4 is 22.1 Å². The number of sulfonamides is 1. The quantitative estimate of drug-likeness (QED) is 0.503. The molecule has 2 N–H and O–H groups in total. The van der Waals surface area contributed by atoms with Crippen molar-refractivity contribution in [3.63, 3.8) is 0 Å². The van der Waals surface area contributed by atoms with Gasteiger partial charge < -0.3 is 9.47 Å². The first-order valence-electron chi connectivity index (χ1n) is 8.79. The molecule has 0 aromatic heterocycles. The zero-order valence-electron chi connectivity index (χ0n) is 17.1. The third kappa shape index (κ3) is 5.78. The zero-order chi connectivity index (χ0) is 21.6. The number of hydrazone groups is 1. The van der Waals surface area contributed by atoms with E-state index in [4.69, 9.17) is 9.47 Å². The summed E-state index contributed by atoms with van der Waals surface area (Å²) in [6, 6.07) is 8.72. The summed E-state index contributed by atoms with van der Waals surface area (Å²) in [6.07, 6.45) is 1.42. The van der Waals surface area contributed by atoms with Gasteiger partial charge in [-0.3, -0.25) is 4.79 Å². The minimum atomic E-state index is -3.82. The van der Waals surface area contributed by atoms with Crippen LogP contribution >= 0.6 is 0 Å². The summed E-state index contributed by atoms with van der Waals surface area (Å²) in [5.41, 5.74) is 5.19.